The molecule has 1 aliphatic heterocycles. The standard InChI is InChI=1S/C20H20FN5O2/c21-15-3-5-16(6-4-15)25-7-9-26(10-8-25)19-12-18(23-14-24-19)20(27)22-13-17-2-1-11-28-17/h1-6,11-12,14H,7-10,13H2,(H,22,27). The number of piperazine rings is 1. The number of furan rings is 1. The number of carbonyl (C=O) groups is 1. The van der Waals surface area contributed by atoms with E-state index >= 15 is 0 Å². The molecule has 3 aromatic rings. The highest BCUT2D eigenvalue weighted by Crippen LogP contribution is 2.19. The fourth-order valence-electron chi connectivity index (χ4n) is 3.16. The Bertz CT molecular complexity index is 922. The van der Waals surface area contributed by atoms with E-state index in [1.165, 1.54) is 18.5 Å². The molecule has 0 aliphatic carbocycles. The van der Waals surface area contributed by atoms with E-state index in [2.05, 4.69) is 25.1 Å². The predicted octanol–water partition coefficient (Wildman–Crippen LogP) is 2.47. The third-order valence-corrected chi connectivity index (χ3v) is 4.68. The highest BCUT2D eigenvalue weighted by atomic mass is 19.1. The third kappa shape index (κ3) is 4.11. The molecular formula is C20H20FN5O2. The van der Waals surface area contributed by atoms with Gasteiger partial charge in [-0.3, -0.25) is 4.79 Å². The Labute approximate surface area is 161 Å². The summed E-state index contributed by atoms with van der Waals surface area (Å²) in [6.07, 6.45) is 2.97. The zero-order chi connectivity index (χ0) is 19.3. The number of halogens is 1. The zero-order valence-electron chi connectivity index (χ0n) is 15.2. The number of hydrogen-bond donors (Lipinski definition) is 1. The van der Waals surface area contributed by atoms with Gasteiger partial charge in [0.25, 0.3) is 5.91 Å². The van der Waals surface area contributed by atoms with E-state index in [1.54, 1.807) is 36.6 Å². The lowest BCUT2D eigenvalue weighted by atomic mass is 10.2. The minimum absolute atomic E-state index is 0.235. The van der Waals surface area contributed by atoms with Gasteiger partial charge in [-0.25, -0.2) is 14.4 Å². The topological polar surface area (TPSA) is 74.5 Å². The molecule has 28 heavy (non-hydrogen) atoms. The Kier molecular flexibility index (Phi) is 5.18. The van der Waals surface area contributed by atoms with Crippen molar-refractivity contribution in [1.82, 2.24) is 15.3 Å². The second-order valence-corrected chi connectivity index (χ2v) is 6.47. The van der Waals surface area contributed by atoms with Crippen LogP contribution in [0.15, 0.2) is 59.5 Å². The van der Waals surface area contributed by atoms with Gasteiger partial charge in [-0.15, -0.1) is 0 Å². The molecular weight excluding hydrogens is 361 g/mol. The van der Waals surface area contributed by atoms with Gasteiger partial charge in [-0.2, -0.15) is 0 Å². The van der Waals surface area contributed by atoms with Crippen molar-refractivity contribution in [2.75, 3.05) is 36.0 Å². The zero-order valence-corrected chi connectivity index (χ0v) is 15.2. The summed E-state index contributed by atoms with van der Waals surface area (Å²) >= 11 is 0. The average molecular weight is 381 g/mol. The molecule has 1 amide bonds. The van der Waals surface area contributed by atoms with Crippen molar-refractivity contribution >= 4 is 17.4 Å². The van der Waals surface area contributed by atoms with Crippen molar-refractivity contribution in [3.8, 4) is 0 Å². The number of hydrogen-bond acceptors (Lipinski definition) is 6. The van der Waals surface area contributed by atoms with Crippen molar-refractivity contribution in [2.45, 2.75) is 6.54 Å². The smallest absolute Gasteiger partial charge is 0.270 e. The lowest BCUT2D eigenvalue weighted by molar-refractivity contribution is 0.0943. The number of rotatable bonds is 5. The fraction of sp³-hybridized carbons (Fsp3) is 0.250. The molecule has 3 heterocycles. The van der Waals surface area contributed by atoms with Crippen LogP contribution in [0.25, 0.3) is 0 Å². The van der Waals surface area contributed by atoms with E-state index < -0.39 is 0 Å². The monoisotopic (exact) mass is 381 g/mol. The summed E-state index contributed by atoms with van der Waals surface area (Å²) in [5, 5.41) is 2.78. The molecule has 0 atom stereocenters. The second-order valence-electron chi connectivity index (χ2n) is 6.47. The summed E-state index contributed by atoms with van der Waals surface area (Å²) in [6, 6.07) is 11.8. The van der Waals surface area contributed by atoms with Crippen LogP contribution in [-0.4, -0.2) is 42.1 Å². The van der Waals surface area contributed by atoms with Crippen LogP contribution < -0.4 is 15.1 Å². The maximum absolute atomic E-state index is 13.1. The molecule has 0 saturated carbocycles. The summed E-state index contributed by atoms with van der Waals surface area (Å²) in [6.45, 7) is 3.39. The first-order valence-corrected chi connectivity index (χ1v) is 9.07. The van der Waals surface area contributed by atoms with E-state index in [4.69, 9.17) is 4.42 Å². The Morgan fingerprint density at radius 1 is 1.07 bits per heavy atom. The van der Waals surface area contributed by atoms with Crippen LogP contribution in [0.3, 0.4) is 0 Å². The van der Waals surface area contributed by atoms with E-state index in [0.717, 1.165) is 37.7 Å². The molecule has 7 nitrogen and oxygen atoms in total. The Balaban J connectivity index is 1.36. The van der Waals surface area contributed by atoms with Gasteiger partial charge in [0.1, 0.15) is 29.4 Å². The number of anilines is 2. The van der Waals surface area contributed by atoms with Gasteiger partial charge in [0.05, 0.1) is 12.8 Å². The van der Waals surface area contributed by atoms with Gasteiger partial charge in [0.15, 0.2) is 0 Å². The van der Waals surface area contributed by atoms with Crippen LogP contribution in [0.1, 0.15) is 16.2 Å². The summed E-state index contributed by atoms with van der Waals surface area (Å²) in [7, 11) is 0. The molecule has 1 aromatic carbocycles. The molecule has 0 radical (unpaired) electrons. The Morgan fingerprint density at radius 3 is 2.54 bits per heavy atom. The van der Waals surface area contributed by atoms with Crippen molar-refractivity contribution in [2.24, 2.45) is 0 Å². The summed E-state index contributed by atoms with van der Waals surface area (Å²) in [5.41, 5.74) is 1.32. The lowest BCUT2D eigenvalue weighted by Gasteiger charge is -2.36. The van der Waals surface area contributed by atoms with Gasteiger partial charge in [0.2, 0.25) is 0 Å². The van der Waals surface area contributed by atoms with Gasteiger partial charge in [-0.05, 0) is 36.4 Å². The molecule has 4 rings (SSSR count). The van der Waals surface area contributed by atoms with Crippen LogP contribution in [-0.2, 0) is 6.54 Å². The number of nitrogens with zero attached hydrogens (tertiary/aromatic N) is 4. The minimum Gasteiger partial charge on any atom is -0.467 e. The van der Waals surface area contributed by atoms with Crippen LogP contribution in [0, 0.1) is 5.82 Å². The molecule has 1 aliphatic rings. The highest BCUT2D eigenvalue weighted by molar-refractivity contribution is 5.92. The SMILES string of the molecule is O=C(NCc1ccco1)c1cc(N2CCN(c3ccc(F)cc3)CC2)ncn1. The molecule has 1 fully saturated rings. The van der Waals surface area contributed by atoms with Crippen LogP contribution in [0.2, 0.25) is 0 Å². The third-order valence-electron chi connectivity index (χ3n) is 4.68. The van der Waals surface area contributed by atoms with Crippen molar-refractivity contribution in [1.29, 1.82) is 0 Å². The van der Waals surface area contributed by atoms with E-state index in [9.17, 15) is 9.18 Å². The second kappa shape index (κ2) is 8.08. The molecule has 0 bridgehead atoms. The van der Waals surface area contributed by atoms with E-state index in [1.807, 2.05) is 0 Å². The van der Waals surface area contributed by atoms with E-state index in [-0.39, 0.29) is 11.7 Å². The number of nitrogens with one attached hydrogen (secondary N) is 1. The molecule has 0 spiro atoms. The predicted molar refractivity (Wildman–Crippen MR) is 103 cm³/mol. The van der Waals surface area contributed by atoms with Crippen LogP contribution in [0.4, 0.5) is 15.9 Å². The first-order valence-electron chi connectivity index (χ1n) is 9.07. The molecule has 0 unspecified atom stereocenters. The summed E-state index contributed by atoms with van der Waals surface area (Å²) in [4.78, 5) is 25.0. The Hall–Kier alpha value is -3.42. The normalized spacial score (nSPS) is 14.2. The summed E-state index contributed by atoms with van der Waals surface area (Å²) < 4.78 is 18.3. The number of amides is 1. The van der Waals surface area contributed by atoms with Gasteiger partial charge in [-0.1, -0.05) is 0 Å². The van der Waals surface area contributed by atoms with Crippen LogP contribution >= 0.6 is 0 Å². The number of benzene rings is 1. The van der Waals surface area contributed by atoms with E-state index in [0.29, 0.717) is 18.0 Å². The lowest BCUT2D eigenvalue weighted by Crippen LogP contribution is -2.47. The van der Waals surface area contributed by atoms with Crippen molar-refractivity contribution < 1.29 is 13.6 Å². The number of carbonyl (C=O) groups excluding carboxylic acids is 1. The minimum atomic E-state index is -0.273. The largest absolute Gasteiger partial charge is 0.467 e. The van der Waals surface area contributed by atoms with Crippen molar-refractivity contribution in [3.63, 3.8) is 0 Å². The average Bonchev–Trinajstić information content (AvgIpc) is 3.26. The first kappa shape index (κ1) is 18.0. The van der Waals surface area contributed by atoms with Gasteiger partial charge >= 0.3 is 0 Å². The van der Waals surface area contributed by atoms with Crippen molar-refractivity contribution in [3.05, 3.63) is 72.3 Å². The molecule has 1 N–H and O–H groups in total. The summed E-state index contributed by atoms with van der Waals surface area (Å²) in [5.74, 6) is 0.891. The molecule has 1 saturated heterocycles. The van der Waals surface area contributed by atoms with Gasteiger partial charge < -0.3 is 19.5 Å². The van der Waals surface area contributed by atoms with Gasteiger partial charge in [0, 0.05) is 37.9 Å². The highest BCUT2D eigenvalue weighted by Gasteiger charge is 2.20. The maximum atomic E-state index is 13.1. The fourth-order valence-corrected chi connectivity index (χ4v) is 3.16. The quantitative estimate of drug-likeness (QED) is 0.732. The maximum Gasteiger partial charge on any atom is 0.270 e. The molecule has 2 aromatic heterocycles. The number of aromatic nitrogens is 2. The molecule has 144 valence electrons. The Morgan fingerprint density at radius 2 is 1.82 bits per heavy atom. The first-order chi connectivity index (χ1) is 13.7. The molecule has 8 heteroatoms. The van der Waals surface area contributed by atoms with Crippen LogP contribution in [0.5, 0.6) is 0 Å².